The summed E-state index contributed by atoms with van der Waals surface area (Å²) in [5, 5.41) is 18.6. The average Bonchev–Trinajstić information content (AvgIpc) is 2.59. The highest BCUT2D eigenvalue weighted by molar-refractivity contribution is 7.86. The predicted molar refractivity (Wildman–Crippen MR) is 101 cm³/mol. The Morgan fingerprint density at radius 1 is 0.821 bits per heavy atom. The maximum absolute atomic E-state index is 11.6. The van der Waals surface area contributed by atoms with Gasteiger partial charge < -0.3 is 5.11 Å². The third-order valence-corrected chi connectivity index (χ3v) is 5.64. The molecular formula is C17H14N2O7S2. The number of aryl methyl sites for hydroxylation is 1. The molecule has 0 saturated carbocycles. The quantitative estimate of drug-likeness (QED) is 0.427. The molecule has 0 aliphatic carbocycles. The fourth-order valence-electron chi connectivity index (χ4n) is 2.60. The van der Waals surface area contributed by atoms with Gasteiger partial charge in [-0.3, -0.25) is 9.11 Å². The second-order valence-electron chi connectivity index (χ2n) is 5.91. The summed E-state index contributed by atoms with van der Waals surface area (Å²) in [6.45, 7) is 1.62. The molecule has 3 aromatic rings. The maximum Gasteiger partial charge on any atom is 0.298 e. The zero-order valence-corrected chi connectivity index (χ0v) is 15.9. The number of azo groups is 1. The van der Waals surface area contributed by atoms with Crippen LogP contribution in [-0.2, 0) is 20.2 Å². The Morgan fingerprint density at radius 3 is 2.11 bits per heavy atom. The topological polar surface area (TPSA) is 154 Å². The molecule has 3 aromatic carbocycles. The molecule has 0 unspecified atom stereocenters. The van der Waals surface area contributed by atoms with Gasteiger partial charge in [0.2, 0.25) is 0 Å². The second kappa shape index (κ2) is 6.95. The van der Waals surface area contributed by atoms with E-state index in [1.165, 1.54) is 30.3 Å². The molecule has 3 N–H and O–H groups in total. The Morgan fingerprint density at radius 2 is 1.46 bits per heavy atom. The number of hydrogen-bond acceptors (Lipinski definition) is 7. The van der Waals surface area contributed by atoms with Crippen LogP contribution in [0.2, 0.25) is 0 Å². The molecule has 0 radical (unpaired) electrons. The number of fused-ring (bicyclic) bond motifs is 1. The van der Waals surface area contributed by atoms with Crippen LogP contribution in [0, 0.1) is 6.92 Å². The van der Waals surface area contributed by atoms with E-state index in [1.54, 1.807) is 19.1 Å². The zero-order chi connectivity index (χ0) is 20.7. The normalized spacial score (nSPS) is 12.7. The molecule has 9 nitrogen and oxygen atoms in total. The molecule has 0 saturated heterocycles. The third kappa shape index (κ3) is 3.87. The molecule has 0 aromatic heterocycles. The van der Waals surface area contributed by atoms with Crippen molar-refractivity contribution in [2.75, 3.05) is 0 Å². The Labute approximate surface area is 160 Å². The number of rotatable bonds is 4. The average molecular weight is 422 g/mol. The van der Waals surface area contributed by atoms with Crippen LogP contribution in [-0.4, -0.2) is 31.0 Å². The van der Waals surface area contributed by atoms with Gasteiger partial charge in [0.1, 0.15) is 21.2 Å². The van der Waals surface area contributed by atoms with Gasteiger partial charge in [-0.05, 0) is 36.1 Å². The van der Waals surface area contributed by atoms with E-state index in [0.717, 1.165) is 6.07 Å². The number of phenolic OH excluding ortho intramolecular Hbond substituents is 1. The van der Waals surface area contributed by atoms with E-state index in [-0.39, 0.29) is 11.4 Å². The molecule has 0 bridgehead atoms. The molecule has 11 heteroatoms. The summed E-state index contributed by atoms with van der Waals surface area (Å²) in [5.74, 6) is -0.842. The van der Waals surface area contributed by atoms with Gasteiger partial charge in [0.25, 0.3) is 20.2 Å². The first-order valence-electron chi connectivity index (χ1n) is 7.70. The standard InChI is InChI=1S/C17H14N2O7S2/c1-10-6-7-13(14(8-10)27(21,22)23)18-19-16-12-5-3-2-4-11(12)9-15(17(16)20)28(24,25)26/h2-9,20H,1H3,(H,21,22,23)(H,24,25,26). The first-order chi connectivity index (χ1) is 13.0. The number of benzene rings is 3. The van der Waals surface area contributed by atoms with Crippen molar-refractivity contribution in [2.45, 2.75) is 16.7 Å². The van der Waals surface area contributed by atoms with Crippen molar-refractivity contribution >= 4 is 42.4 Å². The van der Waals surface area contributed by atoms with Crippen molar-refractivity contribution in [1.29, 1.82) is 0 Å². The van der Waals surface area contributed by atoms with Gasteiger partial charge in [-0.25, -0.2) is 0 Å². The van der Waals surface area contributed by atoms with Crippen molar-refractivity contribution in [2.24, 2.45) is 10.2 Å². The Kier molecular flexibility index (Phi) is 4.93. The number of hydrogen-bond donors (Lipinski definition) is 3. The molecule has 0 aliphatic heterocycles. The van der Waals surface area contributed by atoms with E-state index in [1.807, 2.05) is 0 Å². The van der Waals surface area contributed by atoms with Crippen LogP contribution >= 0.6 is 0 Å². The van der Waals surface area contributed by atoms with E-state index in [9.17, 15) is 31.0 Å². The predicted octanol–water partition coefficient (Wildman–Crippen LogP) is 3.76. The van der Waals surface area contributed by atoms with Crippen molar-refractivity contribution in [3.05, 3.63) is 54.1 Å². The molecule has 0 atom stereocenters. The number of phenols is 1. The van der Waals surface area contributed by atoms with Gasteiger partial charge in [-0.15, -0.1) is 10.2 Å². The van der Waals surface area contributed by atoms with Gasteiger partial charge in [-0.1, -0.05) is 30.3 Å². The van der Waals surface area contributed by atoms with Crippen molar-refractivity contribution in [3.63, 3.8) is 0 Å². The Balaban J connectivity index is 2.28. The molecule has 0 amide bonds. The highest BCUT2D eigenvalue weighted by Crippen LogP contribution is 2.41. The molecule has 3 rings (SSSR count). The van der Waals surface area contributed by atoms with Gasteiger partial charge in [0.15, 0.2) is 5.75 Å². The van der Waals surface area contributed by atoms with Crippen LogP contribution in [0.4, 0.5) is 11.4 Å². The summed E-state index contributed by atoms with van der Waals surface area (Å²) in [6.07, 6.45) is 0. The van der Waals surface area contributed by atoms with Gasteiger partial charge in [0.05, 0.1) is 0 Å². The Hall–Kier alpha value is -2.86. The zero-order valence-electron chi connectivity index (χ0n) is 14.3. The summed E-state index contributed by atoms with van der Waals surface area (Å²) in [7, 11) is -9.35. The highest BCUT2D eigenvalue weighted by Gasteiger charge is 2.22. The Bertz CT molecular complexity index is 1330. The smallest absolute Gasteiger partial charge is 0.298 e. The van der Waals surface area contributed by atoms with Crippen LogP contribution in [0.1, 0.15) is 5.56 Å². The van der Waals surface area contributed by atoms with E-state index in [2.05, 4.69) is 10.2 Å². The largest absolute Gasteiger partial charge is 0.504 e. The van der Waals surface area contributed by atoms with Crippen LogP contribution in [0.3, 0.4) is 0 Å². The van der Waals surface area contributed by atoms with Crippen molar-refractivity contribution in [1.82, 2.24) is 0 Å². The molecule has 28 heavy (non-hydrogen) atoms. The lowest BCUT2D eigenvalue weighted by atomic mass is 10.1. The van der Waals surface area contributed by atoms with Crippen LogP contribution in [0.5, 0.6) is 5.75 Å². The van der Waals surface area contributed by atoms with Crippen LogP contribution in [0.15, 0.2) is 68.6 Å². The van der Waals surface area contributed by atoms with Gasteiger partial charge in [-0.2, -0.15) is 16.8 Å². The van der Waals surface area contributed by atoms with E-state index in [4.69, 9.17) is 0 Å². The summed E-state index contributed by atoms with van der Waals surface area (Å²) in [4.78, 5) is -1.26. The lowest BCUT2D eigenvalue weighted by Crippen LogP contribution is -1.99. The molecule has 0 spiro atoms. The van der Waals surface area contributed by atoms with Crippen molar-refractivity contribution in [3.8, 4) is 5.75 Å². The minimum atomic E-state index is -4.75. The van der Waals surface area contributed by atoms with Crippen molar-refractivity contribution < 1.29 is 31.0 Å². The summed E-state index contributed by atoms with van der Waals surface area (Å²) < 4.78 is 65.0. The van der Waals surface area contributed by atoms with E-state index < -0.39 is 35.8 Å². The monoisotopic (exact) mass is 422 g/mol. The second-order valence-corrected chi connectivity index (χ2v) is 8.69. The minimum Gasteiger partial charge on any atom is -0.504 e. The SMILES string of the molecule is Cc1ccc(N=Nc2c(O)c(S(=O)(=O)O)cc3ccccc23)c(S(=O)(=O)O)c1. The summed E-state index contributed by atoms with van der Waals surface area (Å²) in [6, 6.07) is 11.4. The van der Waals surface area contributed by atoms with E-state index in [0.29, 0.717) is 16.3 Å². The number of nitrogens with zero attached hydrogens (tertiary/aromatic N) is 2. The first-order valence-corrected chi connectivity index (χ1v) is 10.6. The lowest BCUT2D eigenvalue weighted by molar-refractivity contribution is 0.445. The van der Waals surface area contributed by atoms with Crippen LogP contribution < -0.4 is 0 Å². The fourth-order valence-corrected chi connectivity index (χ4v) is 3.93. The van der Waals surface area contributed by atoms with Gasteiger partial charge in [0, 0.05) is 5.39 Å². The molecule has 0 heterocycles. The fraction of sp³-hybridized carbons (Fsp3) is 0.0588. The number of aromatic hydroxyl groups is 1. The highest BCUT2D eigenvalue weighted by atomic mass is 32.2. The van der Waals surface area contributed by atoms with E-state index >= 15 is 0 Å². The first kappa shape index (κ1) is 19.9. The maximum atomic E-state index is 11.6. The van der Waals surface area contributed by atoms with Gasteiger partial charge >= 0.3 is 0 Å². The third-order valence-electron chi connectivity index (χ3n) is 3.89. The van der Waals surface area contributed by atoms with Crippen LogP contribution in [0.25, 0.3) is 10.8 Å². The minimum absolute atomic E-state index is 0.214. The summed E-state index contributed by atoms with van der Waals surface area (Å²) >= 11 is 0. The molecule has 0 fully saturated rings. The summed E-state index contributed by atoms with van der Waals surface area (Å²) in [5.41, 5.74) is 0.0506. The lowest BCUT2D eigenvalue weighted by Gasteiger charge is -2.09. The molecule has 0 aliphatic rings. The molecule has 146 valence electrons. The molecular weight excluding hydrogens is 408 g/mol.